The number of allylic oxidation sites excluding steroid dienone is 2. The zero-order valence-corrected chi connectivity index (χ0v) is 15.8. The fourth-order valence-electron chi connectivity index (χ4n) is 5.49. The van der Waals surface area contributed by atoms with Crippen LogP contribution in [0.4, 0.5) is 5.69 Å². The number of rotatable bonds is 4. The van der Waals surface area contributed by atoms with Crippen LogP contribution in [0.2, 0.25) is 0 Å². The smallest absolute Gasteiger partial charge is 0.269 e. The zero-order valence-electron chi connectivity index (χ0n) is 15.8. The van der Waals surface area contributed by atoms with E-state index < -0.39 is 4.92 Å². The van der Waals surface area contributed by atoms with Gasteiger partial charge in [0.2, 0.25) is 0 Å². The molecule has 7 rings (SSSR count). The van der Waals surface area contributed by atoms with Gasteiger partial charge >= 0.3 is 0 Å². The number of benzene rings is 1. The van der Waals surface area contributed by atoms with E-state index in [0.717, 1.165) is 11.4 Å². The molecule has 0 spiro atoms. The predicted molar refractivity (Wildman–Crippen MR) is 105 cm³/mol. The first-order valence-corrected chi connectivity index (χ1v) is 9.98. The van der Waals surface area contributed by atoms with Gasteiger partial charge in [0, 0.05) is 17.7 Å². The van der Waals surface area contributed by atoms with Crippen molar-refractivity contribution in [2.45, 2.75) is 6.42 Å². The molecule has 8 heteroatoms. The van der Waals surface area contributed by atoms with Gasteiger partial charge in [-0.15, -0.1) is 0 Å². The molecule has 8 nitrogen and oxygen atoms in total. The predicted octanol–water partition coefficient (Wildman–Crippen LogP) is 3.24. The third-order valence-corrected chi connectivity index (χ3v) is 6.93. The molecule has 1 aromatic carbocycles. The molecular formula is C22H17N3O5. The fourth-order valence-corrected chi connectivity index (χ4v) is 5.49. The first kappa shape index (κ1) is 17.3. The van der Waals surface area contributed by atoms with Crippen LogP contribution in [0, 0.1) is 45.6 Å². The monoisotopic (exact) mass is 403 g/mol. The number of nitro groups is 1. The van der Waals surface area contributed by atoms with Crippen molar-refractivity contribution in [1.29, 1.82) is 0 Å². The van der Waals surface area contributed by atoms with Crippen molar-refractivity contribution >= 4 is 23.7 Å². The summed E-state index contributed by atoms with van der Waals surface area (Å²) in [6.45, 7) is 0. The molecule has 2 heterocycles. The summed E-state index contributed by atoms with van der Waals surface area (Å²) in [5.41, 5.74) is 0.683. The molecule has 3 fully saturated rings. The average Bonchev–Trinajstić information content (AvgIpc) is 3.39. The number of hydrogen-bond donors (Lipinski definition) is 0. The maximum absolute atomic E-state index is 12.9. The third-order valence-electron chi connectivity index (χ3n) is 6.93. The van der Waals surface area contributed by atoms with E-state index in [-0.39, 0.29) is 41.2 Å². The van der Waals surface area contributed by atoms with Gasteiger partial charge in [0.25, 0.3) is 17.5 Å². The van der Waals surface area contributed by atoms with E-state index >= 15 is 0 Å². The second-order valence-electron chi connectivity index (χ2n) is 8.39. The maximum atomic E-state index is 12.9. The first-order chi connectivity index (χ1) is 14.5. The van der Waals surface area contributed by atoms with Crippen LogP contribution < -0.4 is 0 Å². The van der Waals surface area contributed by atoms with E-state index in [1.54, 1.807) is 24.3 Å². The number of nitro benzene ring substituents is 1. The number of nitrogens with zero attached hydrogens (tertiary/aromatic N) is 3. The van der Waals surface area contributed by atoms with Crippen molar-refractivity contribution < 1.29 is 18.9 Å². The second kappa shape index (κ2) is 5.98. The van der Waals surface area contributed by atoms with Crippen molar-refractivity contribution in [3.8, 4) is 11.3 Å². The van der Waals surface area contributed by atoms with Crippen LogP contribution in [-0.4, -0.2) is 28.0 Å². The van der Waals surface area contributed by atoms with Crippen LogP contribution in [-0.2, 0) is 9.59 Å². The number of carbonyl (C=O) groups excluding carboxylic acids is 2. The lowest BCUT2D eigenvalue weighted by atomic mass is 9.63. The molecule has 1 aromatic heterocycles. The van der Waals surface area contributed by atoms with E-state index in [1.165, 1.54) is 18.3 Å². The number of imide groups is 1. The minimum Gasteiger partial charge on any atom is -0.455 e. The Balaban J connectivity index is 1.22. The number of hydrazone groups is 1. The molecule has 2 aromatic rings. The molecule has 5 aliphatic rings. The summed E-state index contributed by atoms with van der Waals surface area (Å²) in [4.78, 5) is 36.1. The molecule has 0 N–H and O–H groups in total. The largest absolute Gasteiger partial charge is 0.455 e. The Bertz CT molecular complexity index is 1110. The summed E-state index contributed by atoms with van der Waals surface area (Å²) in [6.07, 6.45) is 6.75. The molecule has 0 unspecified atom stereocenters. The van der Waals surface area contributed by atoms with Crippen LogP contribution in [0.15, 0.2) is 58.1 Å². The number of furan rings is 1. The summed E-state index contributed by atoms with van der Waals surface area (Å²) in [6, 6.07) is 9.41. The number of hydrogen-bond acceptors (Lipinski definition) is 6. The maximum Gasteiger partial charge on any atom is 0.269 e. The lowest BCUT2D eigenvalue weighted by molar-refractivity contribution is -0.384. The highest BCUT2D eigenvalue weighted by Crippen LogP contribution is 2.65. The summed E-state index contributed by atoms with van der Waals surface area (Å²) in [7, 11) is 0. The molecule has 2 saturated carbocycles. The molecule has 30 heavy (non-hydrogen) atoms. The van der Waals surface area contributed by atoms with Gasteiger partial charge in [-0.3, -0.25) is 19.7 Å². The Labute approximate surface area is 171 Å². The standard InChI is InChI=1S/C22H17N3O5/c26-21-19-14-6-7-15(17-9-16(14)17)20(19)22(27)24(21)23-10-13-5-8-18(30-13)11-1-3-12(4-2-11)25(28)29/h1-8,10,14-17,19-20H,9H2/b23-10+/t14-,15-,16-,17-,19+,20+/m1/s1. The number of non-ortho nitro benzene ring substituents is 1. The van der Waals surface area contributed by atoms with Gasteiger partial charge in [0.1, 0.15) is 11.5 Å². The van der Waals surface area contributed by atoms with E-state index in [4.69, 9.17) is 4.42 Å². The molecule has 1 saturated heterocycles. The highest BCUT2D eigenvalue weighted by atomic mass is 16.6. The van der Waals surface area contributed by atoms with Gasteiger partial charge < -0.3 is 4.42 Å². The van der Waals surface area contributed by atoms with Gasteiger partial charge in [0.05, 0.1) is 23.0 Å². The van der Waals surface area contributed by atoms with Crippen LogP contribution in [0.3, 0.4) is 0 Å². The Morgan fingerprint density at radius 2 is 1.63 bits per heavy atom. The lowest BCUT2D eigenvalue weighted by Crippen LogP contribution is -2.40. The minimum absolute atomic E-state index is 0.000658. The van der Waals surface area contributed by atoms with Crippen molar-refractivity contribution in [2.75, 3.05) is 0 Å². The first-order valence-electron chi connectivity index (χ1n) is 9.98. The van der Waals surface area contributed by atoms with Crippen molar-refractivity contribution in [3.05, 3.63) is 64.4 Å². The van der Waals surface area contributed by atoms with Crippen LogP contribution in [0.1, 0.15) is 12.2 Å². The Kier molecular flexibility index (Phi) is 3.45. The molecule has 4 aliphatic carbocycles. The summed E-state index contributed by atoms with van der Waals surface area (Å²) in [5.74, 6) is 1.36. The van der Waals surface area contributed by atoms with Gasteiger partial charge in [-0.2, -0.15) is 10.1 Å². The molecule has 2 amide bonds. The molecule has 2 bridgehead atoms. The van der Waals surface area contributed by atoms with E-state index in [2.05, 4.69) is 17.3 Å². The number of carbonyl (C=O) groups is 2. The zero-order chi connectivity index (χ0) is 20.6. The quantitative estimate of drug-likeness (QED) is 0.256. The third kappa shape index (κ3) is 2.36. The number of amides is 2. The topological polar surface area (TPSA) is 106 Å². The molecule has 6 atom stereocenters. The highest BCUT2D eigenvalue weighted by molar-refractivity contribution is 6.06. The highest BCUT2D eigenvalue weighted by Gasteiger charge is 2.67. The fraction of sp³-hybridized carbons (Fsp3) is 0.318. The van der Waals surface area contributed by atoms with E-state index in [1.807, 2.05) is 0 Å². The van der Waals surface area contributed by atoms with Gasteiger partial charge in [0.15, 0.2) is 0 Å². The Morgan fingerprint density at radius 3 is 2.23 bits per heavy atom. The van der Waals surface area contributed by atoms with Crippen molar-refractivity contribution in [3.63, 3.8) is 0 Å². The van der Waals surface area contributed by atoms with Crippen LogP contribution >= 0.6 is 0 Å². The van der Waals surface area contributed by atoms with Gasteiger partial charge in [-0.25, -0.2) is 0 Å². The SMILES string of the molecule is O=C1[C@H]2[C@@H]3C=C[C@H]([C@H]4C[C@H]34)[C@@H]2C(=O)N1/N=C/c1ccc(-c2ccc([N+](=O)[O-])cc2)o1. The van der Waals surface area contributed by atoms with Gasteiger partial charge in [-0.05, 0) is 54.4 Å². The molecule has 1 aliphatic heterocycles. The van der Waals surface area contributed by atoms with Crippen LogP contribution in [0.25, 0.3) is 11.3 Å². The Hall–Kier alpha value is -3.55. The summed E-state index contributed by atoms with van der Waals surface area (Å²) >= 11 is 0. The van der Waals surface area contributed by atoms with Crippen LogP contribution in [0.5, 0.6) is 0 Å². The van der Waals surface area contributed by atoms with Crippen molar-refractivity contribution in [1.82, 2.24) is 5.01 Å². The molecule has 0 radical (unpaired) electrons. The summed E-state index contributed by atoms with van der Waals surface area (Å²) < 4.78 is 5.72. The van der Waals surface area contributed by atoms with Crippen molar-refractivity contribution in [2.24, 2.45) is 40.6 Å². The average molecular weight is 403 g/mol. The van der Waals surface area contributed by atoms with E-state index in [0.29, 0.717) is 28.9 Å². The molecule has 150 valence electrons. The van der Waals surface area contributed by atoms with E-state index in [9.17, 15) is 19.7 Å². The Morgan fingerprint density at radius 1 is 1.00 bits per heavy atom. The molecular weight excluding hydrogens is 386 g/mol. The second-order valence-corrected chi connectivity index (χ2v) is 8.39. The normalized spacial score (nSPS) is 33.3. The minimum atomic E-state index is -0.461. The van der Waals surface area contributed by atoms with Gasteiger partial charge in [-0.1, -0.05) is 12.2 Å². The lowest BCUT2D eigenvalue weighted by Gasteiger charge is -2.37. The summed E-state index contributed by atoms with van der Waals surface area (Å²) in [5, 5.41) is 16.0.